The number of benzene rings is 1. The minimum atomic E-state index is -0.930. The van der Waals surface area contributed by atoms with Gasteiger partial charge in [-0.05, 0) is 30.7 Å². The fourth-order valence-corrected chi connectivity index (χ4v) is 1.66. The molecular weight excluding hydrogens is 250 g/mol. The lowest BCUT2D eigenvalue weighted by molar-refractivity contribution is 0.0955. The topological polar surface area (TPSA) is 42.0 Å². The maximum absolute atomic E-state index is 13.2. The van der Waals surface area contributed by atoms with Crippen molar-refractivity contribution in [1.29, 1.82) is 0 Å². The minimum Gasteiger partial charge on any atom is -0.352 e. The van der Waals surface area contributed by atoms with Crippen LogP contribution in [0.5, 0.6) is 0 Å². The number of carbonyl (C=O) groups is 1. The Balaban J connectivity index is 2.37. The minimum absolute atomic E-state index is 0.251. The normalized spacial score (nSPS) is 10.3. The molecule has 1 aromatic carbocycles. The molecule has 98 valence electrons. The second-order valence-corrected chi connectivity index (χ2v) is 3.95. The van der Waals surface area contributed by atoms with Crippen molar-refractivity contribution in [3.8, 4) is 11.1 Å². The van der Waals surface area contributed by atoms with E-state index in [1.807, 2.05) is 6.92 Å². The number of hydrogen-bond donors (Lipinski definition) is 1. The van der Waals surface area contributed by atoms with Gasteiger partial charge in [0.05, 0.1) is 5.56 Å². The second kappa shape index (κ2) is 5.56. The van der Waals surface area contributed by atoms with E-state index in [-0.39, 0.29) is 5.91 Å². The molecule has 2 aromatic rings. The summed E-state index contributed by atoms with van der Waals surface area (Å²) in [5.74, 6) is -2.09. The van der Waals surface area contributed by atoms with Crippen LogP contribution in [0.3, 0.4) is 0 Å². The molecule has 0 aliphatic heterocycles. The van der Waals surface area contributed by atoms with E-state index in [0.29, 0.717) is 23.2 Å². The lowest BCUT2D eigenvalue weighted by Gasteiger charge is -2.05. The van der Waals surface area contributed by atoms with E-state index < -0.39 is 11.6 Å². The van der Waals surface area contributed by atoms with Crippen LogP contribution >= 0.6 is 0 Å². The first kappa shape index (κ1) is 13.1. The number of pyridine rings is 1. The van der Waals surface area contributed by atoms with Gasteiger partial charge in [-0.15, -0.1) is 0 Å². The quantitative estimate of drug-likeness (QED) is 0.924. The van der Waals surface area contributed by atoms with Gasteiger partial charge in [-0.3, -0.25) is 9.78 Å². The molecular formula is C14H12F2N2O. The molecule has 0 radical (unpaired) electrons. The number of rotatable bonds is 3. The van der Waals surface area contributed by atoms with Gasteiger partial charge in [-0.1, -0.05) is 6.07 Å². The third-order valence-corrected chi connectivity index (χ3v) is 2.59. The van der Waals surface area contributed by atoms with Crippen molar-refractivity contribution < 1.29 is 13.6 Å². The Bertz CT molecular complexity index is 614. The maximum atomic E-state index is 13.2. The van der Waals surface area contributed by atoms with Crippen LogP contribution in [0.2, 0.25) is 0 Å². The zero-order valence-corrected chi connectivity index (χ0v) is 10.3. The number of aromatic nitrogens is 1. The fourth-order valence-electron chi connectivity index (χ4n) is 1.66. The summed E-state index contributed by atoms with van der Waals surface area (Å²) < 4.78 is 26.0. The molecule has 19 heavy (non-hydrogen) atoms. The van der Waals surface area contributed by atoms with Gasteiger partial charge in [0.25, 0.3) is 5.91 Å². The van der Waals surface area contributed by atoms with Gasteiger partial charge in [-0.25, -0.2) is 8.78 Å². The summed E-state index contributed by atoms with van der Waals surface area (Å²) in [4.78, 5) is 15.6. The van der Waals surface area contributed by atoms with Gasteiger partial charge >= 0.3 is 0 Å². The molecule has 0 bridgehead atoms. The molecule has 1 aromatic heterocycles. The number of halogens is 2. The molecule has 0 aliphatic carbocycles. The highest BCUT2D eigenvalue weighted by molar-refractivity contribution is 5.95. The Labute approximate surface area is 109 Å². The van der Waals surface area contributed by atoms with Crippen molar-refractivity contribution in [1.82, 2.24) is 10.3 Å². The van der Waals surface area contributed by atoms with Crippen LogP contribution in [0, 0.1) is 11.6 Å². The molecule has 0 saturated carbocycles. The van der Waals surface area contributed by atoms with Crippen LogP contribution in [0.15, 0.2) is 36.7 Å². The number of nitrogens with one attached hydrogen (secondary N) is 1. The van der Waals surface area contributed by atoms with Gasteiger partial charge < -0.3 is 5.32 Å². The smallest absolute Gasteiger partial charge is 0.252 e. The van der Waals surface area contributed by atoms with Crippen LogP contribution in [-0.4, -0.2) is 17.4 Å². The standard InChI is InChI=1S/C14H12F2N2O/c1-2-18-14(19)11-5-10(7-17-8-11)9-3-4-12(15)13(16)6-9/h3-8H,2H2,1H3,(H,18,19). The number of amides is 1. The third kappa shape index (κ3) is 2.93. The Morgan fingerprint density at radius 3 is 2.63 bits per heavy atom. The molecule has 1 N–H and O–H groups in total. The monoisotopic (exact) mass is 262 g/mol. The molecule has 0 atom stereocenters. The molecule has 3 nitrogen and oxygen atoms in total. The SMILES string of the molecule is CCNC(=O)c1cncc(-c2ccc(F)c(F)c2)c1. The summed E-state index contributed by atoms with van der Waals surface area (Å²) in [6.45, 7) is 2.32. The van der Waals surface area contributed by atoms with E-state index in [2.05, 4.69) is 10.3 Å². The predicted octanol–water partition coefficient (Wildman–Crippen LogP) is 2.78. The number of carbonyl (C=O) groups excluding carboxylic acids is 1. The summed E-state index contributed by atoms with van der Waals surface area (Å²) in [6.07, 6.45) is 2.92. The number of nitrogens with zero attached hydrogens (tertiary/aromatic N) is 1. The zero-order valence-electron chi connectivity index (χ0n) is 10.3. The second-order valence-electron chi connectivity index (χ2n) is 3.95. The summed E-state index contributed by atoms with van der Waals surface area (Å²) >= 11 is 0. The van der Waals surface area contributed by atoms with Gasteiger partial charge in [0.15, 0.2) is 11.6 Å². The predicted molar refractivity (Wildman–Crippen MR) is 67.6 cm³/mol. The molecule has 2 rings (SSSR count). The average Bonchev–Trinajstić information content (AvgIpc) is 2.42. The van der Waals surface area contributed by atoms with E-state index in [0.717, 1.165) is 12.1 Å². The van der Waals surface area contributed by atoms with Crippen LogP contribution in [0.1, 0.15) is 17.3 Å². The first-order valence-electron chi connectivity index (χ1n) is 5.80. The summed E-state index contributed by atoms with van der Waals surface area (Å²) in [7, 11) is 0. The lowest BCUT2D eigenvalue weighted by atomic mass is 10.1. The molecule has 0 fully saturated rings. The molecule has 0 saturated heterocycles. The number of hydrogen-bond acceptors (Lipinski definition) is 2. The van der Waals surface area contributed by atoms with Gasteiger partial charge in [0.2, 0.25) is 0 Å². The van der Waals surface area contributed by atoms with Crippen molar-refractivity contribution in [3.05, 3.63) is 53.9 Å². The Morgan fingerprint density at radius 1 is 1.16 bits per heavy atom. The van der Waals surface area contributed by atoms with Crippen molar-refractivity contribution in [2.24, 2.45) is 0 Å². The van der Waals surface area contributed by atoms with E-state index in [1.54, 1.807) is 6.07 Å². The van der Waals surface area contributed by atoms with E-state index >= 15 is 0 Å². The largest absolute Gasteiger partial charge is 0.352 e. The van der Waals surface area contributed by atoms with E-state index in [1.165, 1.54) is 18.5 Å². The highest BCUT2D eigenvalue weighted by Crippen LogP contribution is 2.21. The van der Waals surface area contributed by atoms with E-state index in [4.69, 9.17) is 0 Å². The molecule has 1 heterocycles. The van der Waals surface area contributed by atoms with Crippen LogP contribution in [0.4, 0.5) is 8.78 Å². The summed E-state index contributed by atoms with van der Waals surface area (Å²) in [5, 5.41) is 2.65. The molecule has 5 heteroatoms. The molecule has 1 amide bonds. The van der Waals surface area contributed by atoms with Crippen molar-refractivity contribution >= 4 is 5.91 Å². The fraction of sp³-hybridized carbons (Fsp3) is 0.143. The Kier molecular flexibility index (Phi) is 3.85. The highest BCUT2D eigenvalue weighted by Gasteiger charge is 2.08. The van der Waals surface area contributed by atoms with Gasteiger partial charge in [0.1, 0.15) is 0 Å². The molecule has 0 aliphatic rings. The average molecular weight is 262 g/mol. The first-order valence-corrected chi connectivity index (χ1v) is 5.80. The van der Waals surface area contributed by atoms with Crippen LogP contribution in [-0.2, 0) is 0 Å². The van der Waals surface area contributed by atoms with Crippen molar-refractivity contribution in [2.75, 3.05) is 6.54 Å². The van der Waals surface area contributed by atoms with Gasteiger partial charge in [0, 0.05) is 24.5 Å². The van der Waals surface area contributed by atoms with Crippen molar-refractivity contribution in [2.45, 2.75) is 6.92 Å². The van der Waals surface area contributed by atoms with Crippen molar-refractivity contribution in [3.63, 3.8) is 0 Å². The van der Waals surface area contributed by atoms with Crippen LogP contribution in [0.25, 0.3) is 11.1 Å². The third-order valence-electron chi connectivity index (χ3n) is 2.59. The lowest BCUT2D eigenvalue weighted by Crippen LogP contribution is -2.22. The van der Waals surface area contributed by atoms with E-state index in [9.17, 15) is 13.6 Å². The maximum Gasteiger partial charge on any atom is 0.252 e. The summed E-state index contributed by atoms with van der Waals surface area (Å²) in [5.41, 5.74) is 1.41. The highest BCUT2D eigenvalue weighted by atomic mass is 19.2. The molecule has 0 unspecified atom stereocenters. The van der Waals surface area contributed by atoms with Crippen LogP contribution < -0.4 is 5.32 Å². The Hall–Kier alpha value is -2.30. The Morgan fingerprint density at radius 2 is 1.95 bits per heavy atom. The molecule has 0 spiro atoms. The first-order chi connectivity index (χ1) is 9.11. The summed E-state index contributed by atoms with van der Waals surface area (Å²) in [6, 6.07) is 5.15. The van der Waals surface area contributed by atoms with Gasteiger partial charge in [-0.2, -0.15) is 0 Å². The zero-order chi connectivity index (χ0) is 13.8.